The van der Waals surface area contributed by atoms with E-state index in [1.165, 1.54) is 0 Å². The lowest BCUT2D eigenvalue weighted by molar-refractivity contribution is -0.119. The van der Waals surface area contributed by atoms with E-state index in [0.717, 1.165) is 17.1 Å². The van der Waals surface area contributed by atoms with Crippen molar-refractivity contribution in [3.05, 3.63) is 29.8 Å². The first-order valence-electron chi connectivity index (χ1n) is 5.19. The maximum atomic E-state index is 11.2. The number of hydrogen-bond acceptors (Lipinski definition) is 3. The summed E-state index contributed by atoms with van der Waals surface area (Å²) in [6.07, 6.45) is 0.653. The number of hydrogen-bond donors (Lipinski definition) is 1. The number of methoxy groups -OCH3 is 1. The van der Waals surface area contributed by atoms with E-state index in [0.29, 0.717) is 6.42 Å². The third kappa shape index (κ3) is 2.21. The molecule has 0 aromatic heterocycles. The zero-order valence-electron chi connectivity index (χ0n) is 9.36. The Bertz CT molecular complexity index is 423. The quantitative estimate of drug-likeness (QED) is 0.827. The van der Waals surface area contributed by atoms with Crippen LogP contribution in [0.5, 0.6) is 5.75 Å². The zero-order valence-corrected chi connectivity index (χ0v) is 9.36. The molecule has 0 fully saturated rings. The zero-order chi connectivity index (χ0) is 11.5. The second-order valence-electron chi connectivity index (χ2n) is 3.77. The van der Waals surface area contributed by atoms with E-state index in [2.05, 4.69) is 10.3 Å². The number of ether oxygens (including phenoxy) is 1. The molecule has 84 valence electrons. The molecule has 1 unspecified atom stereocenters. The molecular weight excluding hydrogens is 204 g/mol. The van der Waals surface area contributed by atoms with Gasteiger partial charge in [0.15, 0.2) is 0 Å². The van der Waals surface area contributed by atoms with Gasteiger partial charge in [0, 0.05) is 6.42 Å². The standard InChI is InChI=1S/C12H14N2O2/c1-8-12(15)14-11(13-8)7-9-3-5-10(16-2)6-4-9/h3-6,8H,7H2,1-2H3,(H,13,14,15). The Balaban J connectivity index is 2.04. The number of nitrogens with zero attached hydrogens (tertiary/aromatic N) is 1. The highest BCUT2D eigenvalue weighted by Crippen LogP contribution is 2.12. The predicted molar refractivity (Wildman–Crippen MR) is 61.7 cm³/mol. The Morgan fingerprint density at radius 2 is 2.06 bits per heavy atom. The average molecular weight is 218 g/mol. The SMILES string of the molecule is COc1ccc(CC2=NC(C)C(=O)N2)cc1. The van der Waals surface area contributed by atoms with Crippen molar-refractivity contribution in [1.82, 2.24) is 5.32 Å². The number of rotatable bonds is 3. The molecule has 0 radical (unpaired) electrons. The first-order valence-corrected chi connectivity index (χ1v) is 5.19. The van der Waals surface area contributed by atoms with Crippen LogP contribution in [0.25, 0.3) is 0 Å². The molecule has 1 aliphatic heterocycles. The van der Waals surface area contributed by atoms with Crippen LogP contribution in [0.1, 0.15) is 12.5 Å². The van der Waals surface area contributed by atoms with Gasteiger partial charge in [-0.2, -0.15) is 0 Å². The van der Waals surface area contributed by atoms with Crippen molar-refractivity contribution < 1.29 is 9.53 Å². The normalized spacial score (nSPS) is 19.2. The molecule has 1 atom stereocenters. The van der Waals surface area contributed by atoms with Gasteiger partial charge < -0.3 is 10.1 Å². The molecule has 1 N–H and O–H groups in total. The number of amidine groups is 1. The molecule has 0 saturated heterocycles. The van der Waals surface area contributed by atoms with Crippen molar-refractivity contribution in [2.45, 2.75) is 19.4 Å². The van der Waals surface area contributed by atoms with Gasteiger partial charge in [0.2, 0.25) is 5.91 Å². The third-order valence-electron chi connectivity index (χ3n) is 2.53. The number of benzene rings is 1. The summed E-state index contributed by atoms with van der Waals surface area (Å²) in [6.45, 7) is 1.79. The van der Waals surface area contributed by atoms with E-state index >= 15 is 0 Å². The molecule has 4 heteroatoms. The summed E-state index contributed by atoms with van der Waals surface area (Å²) in [7, 11) is 1.64. The van der Waals surface area contributed by atoms with Gasteiger partial charge in [0.25, 0.3) is 0 Å². The van der Waals surface area contributed by atoms with Crippen LogP contribution in [-0.4, -0.2) is 24.9 Å². The highest BCUT2D eigenvalue weighted by molar-refractivity contribution is 6.06. The molecule has 1 heterocycles. The Morgan fingerprint density at radius 3 is 2.56 bits per heavy atom. The van der Waals surface area contributed by atoms with Crippen LogP contribution in [0.2, 0.25) is 0 Å². The van der Waals surface area contributed by atoms with Crippen LogP contribution in [-0.2, 0) is 11.2 Å². The van der Waals surface area contributed by atoms with Gasteiger partial charge in [-0.25, -0.2) is 0 Å². The molecule has 1 amide bonds. The van der Waals surface area contributed by atoms with Gasteiger partial charge in [-0.3, -0.25) is 9.79 Å². The van der Waals surface area contributed by atoms with Crippen molar-refractivity contribution in [1.29, 1.82) is 0 Å². The minimum absolute atomic E-state index is 0.0245. The number of carbonyl (C=O) groups excluding carboxylic acids is 1. The fraction of sp³-hybridized carbons (Fsp3) is 0.333. The number of amides is 1. The van der Waals surface area contributed by atoms with E-state index in [1.807, 2.05) is 24.3 Å². The second-order valence-corrected chi connectivity index (χ2v) is 3.77. The summed E-state index contributed by atoms with van der Waals surface area (Å²) in [5.74, 6) is 1.54. The van der Waals surface area contributed by atoms with Crippen molar-refractivity contribution >= 4 is 11.7 Å². The van der Waals surface area contributed by atoms with Gasteiger partial charge in [-0.15, -0.1) is 0 Å². The molecule has 0 bridgehead atoms. The lowest BCUT2D eigenvalue weighted by Crippen LogP contribution is -2.28. The largest absolute Gasteiger partial charge is 0.497 e. The Labute approximate surface area is 94.3 Å². The molecule has 1 aromatic carbocycles. The van der Waals surface area contributed by atoms with Crippen molar-refractivity contribution in [2.75, 3.05) is 7.11 Å². The van der Waals surface area contributed by atoms with Crippen LogP contribution >= 0.6 is 0 Å². The Morgan fingerprint density at radius 1 is 1.38 bits per heavy atom. The molecule has 2 rings (SSSR count). The van der Waals surface area contributed by atoms with E-state index in [4.69, 9.17) is 4.74 Å². The van der Waals surface area contributed by atoms with Crippen LogP contribution in [0.3, 0.4) is 0 Å². The molecule has 1 aliphatic rings. The smallest absolute Gasteiger partial charge is 0.249 e. The number of aliphatic imine (C=N–C) groups is 1. The lowest BCUT2D eigenvalue weighted by Gasteiger charge is -2.03. The molecule has 0 spiro atoms. The minimum Gasteiger partial charge on any atom is -0.497 e. The minimum atomic E-state index is -0.256. The monoisotopic (exact) mass is 218 g/mol. The Kier molecular flexibility index (Phi) is 2.90. The maximum absolute atomic E-state index is 11.2. The van der Waals surface area contributed by atoms with Gasteiger partial charge >= 0.3 is 0 Å². The lowest BCUT2D eigenvalue weighted by atomic mass is 10.1. The molecule has 4 nitrogen and oxygen atoms in total. The number of carbonyl (C=O) groups is 1. The van der Waals surface area contributed by atoms with E-state index in [1.54, 1.807) is 14.0 Å². The van der Waals surface area contributed by atoms with Crippen LogP contribution in [0, 0.1) is 0 Å². The van der Waals surface area contributed by atoms with E-state index < -0.39 is 0 Å². The van der Waals surface area contributed by atoms with Crippen LogP contribution < -0.4 is 10.1 Å². The average Bonchev–Trinajstić information content (AvgIpc) is 2.59. The topological polar surface area (TPSA) is 50.7 Å². The molecule has 1 aromatic rings. The van der Waals surface area contributed by atoms with Gasteiger partial charge in [0.05, 0.1) is 7.11 Å². The van der Waals surface area contributed by atoms with Crippen LogP contribution in [0.15, 0.2) is 29.3 Å². The van der Waals surface area contributed by atoms with Crippen LogP contribution in [0.4, 0.5) is 0 Å². The van der Waals surface area contributed by atoms with Gasteiger partial charge in [-0.05, 0) is 24.6 Å². The van der Waals surface area contributed by atoms with E-state index in [-0.39, 0.29) is 11.9 Å². The summed E-state index contributed by atoms with van der Waals surface area (Å²) in [6, 6.07) is 7.48. The van der Waals surface area contributed by atoms with Crippen molar-refractivity contribution in [2.24, 2.45) is 4.99 Å². The summed E-state index contributed by atoms with van der Waals surface area (Å²) in [5.41, 5.74) is 1.11. The summed E-state index contributed by atoms with van der Waals surface area (Å²) >= 11 is 0. The van der Waals surface area contributed by atoms with Crippen molar-refractivity contribution in [3.8, 4) is 5.75 Å². The molecular formula is C12H14N2O2. The molecule has 0 aliphatic carbocycles. The molecule has 0 saturated carbocycles. The van der Waals surface area contributed by atoms with Crippen molar-refractivity contribution in [3.63, 3.8) is 0 Å². The highest BCUT2D eigenvalue weighted by atomic mass is 16.5. The second kappa shape index (κ2) is 4.35. The Hall–Kier alpha value is -1.84. The van der Waals surface area contributed by atoms with Gasteiger partial charge in [0.1, 0.15) is 17.6 Å². The summed E-state index contributed by atoms with van der Waals surface area (Å²) in [4.78, 5) is 15.5. The highest BCUT2D eigenvalue weighted by Gasteiger charge is 2.21. The maximum Gasteiger partial charge on any atom is 0.249 e. The summed E-state index contributed by atoms with van der Waals surface area (Å²) < 4.78 is 5.07. The fourth-order valence-corrected chi connectivity index (χ4v) is 1.60. The summed E-state index contributed by atoms with van der Waals surface area (Å²) in [5, 5.41) is 2.76. The third-order valence-corrected chi connectivity index (χ3v) is 2.53. The van der Waals surface area contributed by atoms with Gasteiger partial charge in [-0.1, -0.05) is 12.1 Å². The first kappa shape index (κ1) is 10.7. The predicted octanol–water partition coefficient (Wildman–Crippen LogP) is 1.15. The van der Waals surface area contributed by atoms with E-state index in [9.17, 15) is 4.79 Å². The fourth-order valence-electron chi connectivity index (χ4n) is 1.60. The number of nitrogens with one attached hydrogen (secondary N) is 1. The first-order chi connectivity index (χ1) is 7.69. The molecule has 16 heavy (non-hydrogen) atoms.